The summed E-state index contributed by atoms with van der Waals surface area (Å²) in [5.41, 5.74) is 6.27. The van der Waals surface area contributed by atoms with E-state index in [0.717, 1.165) is 22.5 Å². The van der Waals surface area contributed by atoms with E-state index in [1.807, 2.05) is 66.7 Å². The molecule has 0 fully saturated rings. The fraction of sp³-hybridized carbons (Fsp3) is 0.0870. The number of rotatable bonds is 6. The van der Waals surface area contributed by atoms with Crippen LogP contribution in [0.2, 0.25) is 5.02 Å². The summed E-state index contributed by atoms with van der Waals surface area (Å²) in [7, 11) is 0. The maximum atomic E-state index is 12.5. The third kappa shape index (κ3) is 4.50. The van der Waals surface area contributed by atoms with Crippen molar-refractivity contribution in [3.63, 3.8) is 0 Å². The van der Waals surface area contributed by atoms with Crippen molar-refractivity contribution in [2.24, 2.45) is 5.10 Å². The van der Waals surface area contributed by atoms with Crippen LogP contribution in [-0.2, 0) is 6.61 Å². The first-order valence-corrected chi connectivity index (χ1v) is 9.72. The van der Waals surface area contributed by atoms with Crippen LogP contribution in [0.25, 0.3) is 5.65 Å². The number of amides is 1. The van der Waals surface area contributed by atoms with Gasteiger partial charge in [-0.2, -0.15) is 5.10 Å². The number of aryl methyl sites for hydroxylation is 1. The van der Waals surface area contributed by atoms with E-state index >= 15 is 0 Å². The Morgan fingerprint density at radius 2 is 1.90 bits per heavy atom. The molecule has 6 nitrogen and oxygen atoms in total. The molecule has 30 heavy (non-hydrogen) atoms. The molecule has 7 heteroatoms. The number of aromatic nitrogens is 2. The maximum absolute atomic E-state index is 12.5. The molecule has 0 aliphatic rings. The van der Waals surface area contributed by atoms with E-state index in [2.05, 4.69) is 15.5 Å². The number of imidazole rings is 1. The van der Waals surface area contributed by atoms with E-state index in [-0.39, 0.29) is 5.91 Å². The van der Waals surface area contributed by atoms with Gasteiger partial charge in [-0.3, -0.25) is 9.20 Å². The zero-order valence-corrected chi connectivity index (χ0v) is 17.0. The molecule has 0 bridgehead atoms. The van der Waals surface area contributed by atoms with Gasteiger partial charge < -0.3 is 4.74 Å². The minimum Gasteiger partial charge on any atom is -0.489 e. The first-order valence-electron chi connectivity index (χ1n) is 9.34. The van der Waals surface area contributed by atoms with Gasteiger partial charge in [-0.25, -0.2) is 10.4 Å². The lowest BCUT2D eigenvalue weighted by Gasteiger charge is -2.06. The van der Waals surface area contributed by atoms with Crippen molar-refractivity contribution in [3.8, 4) is 5.75 Å². The Morgan fingerprint density at radius 3 is 2.67 bits per heavy atom. The molecule has 4 aromatic rings. The van der Waals surface area contributed by atoms with E-state index in [1.165, 1.54) is 0 Å². The number of nitrogens with zero attached hydrogens (tertiary/aromatic N) is 3. The van der Waals surface area contributed by atoms with E-state index in [4.69, 9.17) is 16.3 Å². The Bertz CT molecular complexity index is 1200. The molecule has 150 valence electrons. The smallest absolute Gasteiger partial charge is 0.290 e. The Hall–Kier alpha value is -3.64. The highest BCUT2D eigenvalue weighted by molar-refractivity contribution is 6.30. The van der Waals surface area contributed by atoms with Crippen molar-refractivity contribution < 1.29 is 9.53 Å². The monoisotopic (exact) mass is 418 g/mol. The first-order chi connectivity index (χ1) is 14.6. The number of carbonyl (C=O) groups is 1. The van der Waals surface area contributed by atoms with Crippen LogP contribution < -0.4 is 10.2 Å². The normalized spacial score (nSPS) is 11.1. The average molecular weight is 419 g/mol. The van der Waals surface area contributed by atoms with Crippen LogP contribution in [0.1, 0.15) is 27.3 Å². The van der Waals surface area contributed by atoms with Crippen molar-refractivity contribution in [1.29, 1.82) is 0 Å². The summed E-state index contributed by atoms with van der Waals surface area (Å²) in [4.78, 5) is 16.9. The molecular weight excluding hydrogens is 400 g/mol. The predicted molar refractivity (Wildman–Crippen MR) is 117 cm³/mol. The molecule has 0 unspecified atom stereocenters. The highest BCUT2D eigenvalue weighted by Gasteiger charge is 2.15. The number of pyridine rings is 1. The van der Waals surface area contributed by atoms with Crippen LogP contribution in [0, 0.1) is 6.92 Å². The zero-order chi connectivity index (χ0) is 20.9. The SMILES string of the molecule is Cc1nc2ccccn2c1C(=O)N/N=C\c1ccc(OCc2ccc(Cl)cc2)cc1. The number of carbonyl (C=O) groups excluding carboxylic acids is 1. The molecular formula is C23H19ClN4O2. The molecule has 0 atom stereocenters. The van der Waals surface area contributed by atoms with Crippen LogP contribution in [-0.4, -0.2) is 21.5 Å². The number of hydrazone groups is 1. The van der Waals surface area contributed by atoms with Crippen LogP contribution in [0.5, 0.6) is 5.75 Å². The maximum Gasteiger partial charge on any atom is 0.290 e. The number of fused-ring (bicyclic) bond motifs is 1. The van der Waals surface area contributed by atoms with Crippen molar-refractivity contribution >= 4 is 29.4 Å². The number of halogens is 1. The molecule has 0 saturated heterocycles. The summed E-state index contributed by atoms with van der Waals surface area (Å²) in [6.45, 7) is 2.26. The number of nitrogens with one attached hydrogen (secondary N) is 1. The molecule has 0 saturated carbocycles. The highest BCUT2D eigenvalue weighted by Crippen LogP contribution is 2.15. The standard InChI is InChI=1S/C23H19ClN4O2/c1-16-22(28-13-3-2-4-21(28)26-16)23(29)27-25-14-17-7-11-20(12-8-17)30-15-18-5-9-19(24)10-6-18/h2-14H,15H2,1H3,(H,27,29)/b25-14-. The molecule has 4 rings (SSSR count). The summed E-state index contributed by atoms with van der Waals surface area (Å²) in [6.07, 6.45) is 3.39. The molecule has 2 heterocycles. The Morgan fingerprint density at radius 1 is 1.13 bits per heavy atom. The summed E-state index contributed by atoms with van der Waals surface area (Å²) in [5.74, 6) is 0.429. The topological polar surface area (TPSA) is 68.0 Å². The van der Waals surface area contributed by atoms with Crippen LogP contribution in [0.4, 0.5) is 0 Å². The minimum atomic E-state index is -0.314. The lowest BCUT2D eigenvalue weighted by atomic mass is 10.2. The third-order valence-electron chi connectivity index (χ3n) is 4.50. The van der Waals surface area contributed by atoms with E-state index < -0.39 is 0 Å². The second-order valence-corrected chi connectivity index (χ2v) is 7.09. The molecule has 0 aliphatic carbocycles. The van der Waals surface area contributed by atoms with Crippen molar-refractivity contribution in [2.75, 3.05) is 0 Å². The van der Waals surface area contributed by atoms with Crippen LogP contribution >= 0.6 is 11.6 Å². The number of hydrogen-bond donors (Lipinski definition) is 1. The van der Waals surface area contributed by atoms with Crippen LogP contribution in [0.3, 0.4) is 0 Å². The summed E-state index contributed by atoms with van der Waals surface area (Å²) >= 11 is 5.89. The van der Waals surface area contributed by atoms with Gasteiger partial charge in [-0.1, -0.05) is 29.8 Å². The Kier molecular flexibility index (Phi) is 5.77. The number of hydrogen-bond acceptors (Lipinski definition) is 4. The van der Waals surface area contributed by atoms with E-state index in [0.29, 0.717) is 23.0 Å². The quantitative estimate of drug-likeness (QED) is 0.366. The number of ether oxygens (including phenoxy) is 1. The third-order valence-corrected chi connectivity index (χ3v) is 4.75. The van der Waals surface area contributed by atoms with Crippen LogP contribution in [0.15, 0.2) is 78.0 Å². The van der Waals surface area contributed by atoms with Gasteiger partial charge in [0.25, 0.3) is 5.91 Å². The Labute approximate surface area is 178 Å². The van der Waals surface area contributed by atoms with Gasteiger partial charge >= 0.3 is 0 Å². The molecule has 0 radical (unpaired) electrons. The van der Waals surface area contributed by atoms with Gasteiger partial charge in [0.2, 0.25) is 0 Å². The van der Waals surface area contributed by atoms with Gasteiger partial charge in [0.05, 0.1) is 11.9 Å². The zero-order valence-electron chi connectivity index (χ0n) is 16.2. The average Bonchev–Trinajstić information content (AvgIpc) is 3.10. The summed E-state index contributed by atoms with van der Waals surface area (Å²) < 4.78 is 7.51. The molecule has 0 spiro atoms. The van der Waals surface area contributed by atoms with Crippen molar-refractivity contribution in [2.45, 2.75) is 13.5 Å². The molecule has 2 aromatic heterocycles. The largest absolute Gasteiger partial charge is 0.489 e. The fourth-order valence-corrected chi connectivity index (χ4v) is 3.13. The molecule has 0 aliphatic heterocycles. The summed E-state index contributed by atoms with van der Waals surface area (Å²) in [6, 6.07) is 20.6. The van der Waals surface area contributed by atoms with Gasteiger partial charge in [-0.05, 0) is 66.6 Å². The number of benzene rings is 2. The van der Waals surface area contributed by atoms with Crippen molar-refractivity contribution in [1.82, 2.24) is 14.8 Å². The second kappa shape index (κ2) is 8.80. The van der Waals surface area contributed by atoms with Gasteiger partial charge in [0.1, 0.15) is 23.7 Å². The summed E-state index contributed by atoms with van der Waals surface area (Å²) in [5, 5.41) is 4.76. The van der Waals surface area contributed by atoms with E-state index in [9.17, 15) is 4.79 Å². The lowest BCUT2D eigenvalue weighted by molar-refractivity contribution is 0.0948. The molecule has 1 amide bonds. The Balaban J connectivity index is 1.35. The van der Waals surface area contributed by atoms with Gasteiger partial charge in [0, 0.05) is 11.2 Å². The first kappa shape index (κ1) is 19.7. The van der Waals surface area contributed by atoms with Gasteiger partial charge in [-0.15, -0.1) is 0 Å². The highest BCUT2D eigenvalue weighted by atomic mass is 35.5. The molecule has 2 aromatic carbocycles. The predicted octanol–water partition coefficient (Wildman–Crippen LogP) is 4.64. The minimum absolute atomic E-state index is 0.314. The van der Waals surface area contributed by atoms with Crippen molar-refractivity contribution in [3.05, 3.63) is 100 Å². The van der Waals surface area contributed by atoms with E-state index in [1.54, 1.807) is 23.7 Å². The molecule has 1 N–H and O–H groups in total. The van der Waals surface area contributed by atoms with Gasteiger partial charge in [0.15, 0.2) is 0 Å². The second-order valence-electron chi connectivity index (χ2n) is 6.66. The lowest BCUT2D eigenvalue weighted by Crippen LogP contribution is -2.20. The fourth-order valence-electron chi connectivity index (χ4n) is 3.00.